The Kier molecular flexibility index (Phi) is 4.98. The number of nitrogens with one attached hydrogen (secondary N) is 1. The molecule has 6 heteroatoms. The van der Waals surface area contributed by atoms with Crippen molar-refractivity contribution in [1.29, 1.82) is 0 Å². The SMILES string of the molecule is CCCC(Nc1cc(C(=O)O)c(Cl)cn1)c1cccs1. The zero-order valence-electron chi connectivity index (χ0n) is 11.0. The quantitative estimate of drug-likeness (QED) is 0.827. The Morgan fingerprint density at radius 2 is 2.40 bits per heavy atom. The van der Waals surface area contributed by atoms with Crippen molar-refractivity contribution >= 4 is 34.7 Å². The number of hydrogen-bond donors (Lipinski definition) is 2. The van der Waals surface area contributed by atoms with Crippen molar-refractivity contribution < 1.29 is 9.90 Å². The average Bonchev–Trinajstić information content (AvgIpc) is 2.94. The lowest BCUT2D eigenvalue weighted by Crippen LogP contribution is -2.11. The Hall–Kier alpha value is -1.59. The van der Waals surface area contributed by atoms with Crippen LogP contribution in [0.25, 0.3) is 0 Å². The summed E-state index contributed by atoms with van der Waals surface area (Å²) in [6.45, 7) is 2.11. The van der Waals surface area contributed by atoms with Crippen molar-refractivity contribution in [3.8, 4) is 0 Å². The number of carboxylic acid groups (broad SMARTS) is 1. The summed E-state index contributed by atoms with van der Waals surface area (Å²) in [7, 11) is 0. The summed E-state index contributed by atoms with van der Waals surface area (Å²) in [5.74, 6) is -0.526. The first-order chi connectivity index (χ1) is 9.61. The van der Waals surface area contributed by atoms with E-state index >= 15 is 0 Å². The molecule has 0 aliphatic heterocycles. The van der Waals surface area contributed by atoms with Gasteiger partial charge in [0.2, 0.25) is 0 Å². The van der Waals surface area contributed by atoms with E-state index in [2.05, 4.69) is 23.3 Å². The zero-order chi connectivity index (χ0) is 14.5. The number of pyridine rings is 1. The summed E-state index contributed by atoms with van der Waals surface area (Å²) in [5, 5.41) is 14.5. The maximum absolute atomic E-state index is 11.1. The number of aromatic nitrogens is 1. The molecule has 0 spiro atoms. The van der Waals surface area contributed by atoms with Crippen molar-refractivity contribution in [2.75, 3.05) is 5.32 Å². The summed E-state index contributed by atoms with van der Waals surface area (Å²) in [6.07, 6.45) is 3.34. The van der Waals surface area contributed by atoms with E-state index in [1.165, 1.54) is 17.1 Å². The van der Waals surface area contributed by atoms with E-state index in [1.807, 2.05) is 11.4 Å². The van der Waals surface area contributed by atoms with Crippen LogP contribution in [0.1, 0.15) is 41.0 Å². The van der Waals surface area contributed by atoms with Crippen LogP contribution >= 0.6 is 22.9 Å². The number of halogens is 1. The van der Waals surface area contributed by atoms with E-state index in [9.17, 15) is 4.79 Å². The van der Waals surface area contributed by atoms with Gasteiger partial charge in [0, 0.05) is 11.1 Å². The van der Waals surface area contributed by atoms with Crippen LogP contribution < -0.4 is 5.32 Å². The van der Waals surface area contributed by atoms with Crippen molar-refractivity contribution in [1.82, 2.24) is 4.98 Å². The van der Waals surface area contributed by atoms with Gasteiger partial charge in [-0.3, -0.25) is 0 Å². The molecule has 2 heterocycles. The minimum Gasteiger partial charge on any atom is -0.478 e. The van der Waals surface area contributed by atoms with E-state index in [4.69, 9.17) is 16.7 Å². The molecule has 1 atom stereocenters. The molecule has 1 unspecified atom stereocenters. The molecule has 2 aromatic rings. The van der Waals surface area contributed by atoms with Gasteiger partial charge in [0.25, 0.3) is 0 Å². The number of rotatable bonds is 6. The number of hydrogen-bond acceptors (Lipinski definition) is 4. The van der Waals surface area contributed by atoms with Crippen molar-refractivity contribution in [3.63, 3.8) is 0 Å². The molecular weight excluding hydrogens is 296 g/mol. The van der Waals surface area contributed by atoms with Gasteiger partial charge in [0.15, 0.2) is 0 Å². The smallest absolute Gasteiger partial charge is 0.337 e. The molecule has 20 heavy (non-hydrogen) atoms. The topological polar surface area (TPSA) is 62.2 Å². The minimum absolute atomic E-state index is 0.0607. The second-order valence-corrected chi connectivity index (χ2v) is 5.74. The largest absolute Gasteiger partial charge is 0.478 e. The van der Waals surface area contributed by atoms with Crippen molar-refractivity contribution in [2.24, 2.45) is 0 Å². The predicted molar refractivity (Wildman–Crippen MR) is 81.8 cm³/mol. The highest BCUT2D eigenvalue weighted by Crippen LogP contribution is 2.28. The number of carbonyl (C=O) groups is 1. The normalized spacial score (nSPS) is 12.1. The highest BCUT2D eigenvalue weighted by atomic mass is 35.5. The Labute approximate surface area is 126 Å². The summed E-state index contributed by atoms with van der Waals surface area (Å²) in [6, 6.07) is 5.67. The van der Waals surface area contributed by atoms with Gasteiger partial charge in [-0.2, -0.15) is 0 Å². The molecule has 4 nitrogen and oxygen atoms in total. The van der Waals surface area contributed by atoms with Gasteiger partial charge in [-0.25, -0.2) is 9.78 Å². The minimum atomic E-state index is -1.05. The molecule has 0 aliphatic rings. The van der Waals surface area contributed by atoms with Crippen LogP contribution in [-0.2, 0) is 0 Å². The molecule has 0 aliphatic carbocycles. The lowest BCUT2D eigenvalue weighted by Gasteiger charge is -2.17. The van der Waals surface area contributed by atoms with Gasteiger partial charge in [-0.15, -0.1) is 11.3 Å². The second-order valence-electron chi connectivity index (χ2n) is 4.36. The van der Waals surface area contributed by atoms with Crippen molar-refractivity contribution in [3.05, 3.63) is 45.2 Å². The summed E-state index contributed by atoms with van der Waals surface area (Å²) >= 11 is 7.49. The first-order valence-corrected chi connectivity index (χ1v) is 7.56. The van der Waals surface area contributed by atoms with Gasteiger partial charge >= 0.3 is 5.97 Å². The van der Waals surface area contributed by atoms with Crippen LogP contribution in [0.4, 0.5) is 5.82 Å². The molecule has 0 fully saturated rings. The summed E-state index contributed by atoms with van der Waals surface area (Å²) in [4.78, 5) is 16.4. The third-order valence-corrected chi connectivity index (χ3v) is 4.16. The van der Waals surface area contributed by atoms with Crippen LogP contribution in [0.3, 0.4) is 0 Å². The van der Waals surface area contributed by atoms with Gasteiger partial charge in [0.1, 0.15) is 5.82 Å². The Morgan fingerprint density at radius 3 is 3.00 bits per heavy atom. The molecule has 0 saturated heterocycles. The maximum atomic E-state index is 11.1. The number of carboxylic acids is 1. The van der Waals surface area contributed by atoms with E-state index in [1.54, 1.807) is 11.3 Å². The van der Waals surface area contributed by atoms with E-state index in [0.29, 0.717) is 5.82 Å². The summed E-state index contributed by atoms with van der Waals surface area (Å²) < 4.78 is 0. The Bertz CT molecular complexity index is 587. The fourth-order valence-electron chi connectivity index (χ4n) is 1.92. The highest BCUT2D eigenvalue weighted by molar-refractivity contribution is 7.10. The van der Waals surface area contributed by atoms with E-state index in [-0.39, 0.29) is 16.6 Å². The zero-order valence-corrected chi connectivity index (χ0v) is 12.5. The van der Waals surface area contributed by atoms with Gasteiger partial charge < -0.3 is 10.4 Å². The molecule has 2 rings (SSSR count). The Balaban J connectivity index is 2.23. The monoisotopic (exact) mass is 310 g/mol. The molecule has 0 bridgehead atoms. The predicted octanol–water partition coefficient (Wildman–Crippen LogP) is 4.45. The number of anilines is 1. The standard InChI is InChI=1S/C14H15ClN2O2S/c1-2-4-11(12-5-3-6-20-12)17-13-7-9(14(18)19)10(15)8-16-13/h3,5-8,11H,2,4H2,1H3,(H,16,17)(H,18,19). The molecular formula is C14H15ClN2O2S. The van der Waals surface area contributed by atoms with Crippen LogP contribution in [-0.4, -0.2) is 16.1 Å². The molecule has 2 aromatic heterocycles. The highest BCUT2D eigenvalue weighted by Gasteiger charge is 2.15. The molecule has 0 amide bonds. The molecule has 0 radical (unpaired) electrons. The van der Waals surface area contributed by atoms with Crippen LogP contribution in [0.5, 0.6) is 0 Å². The van der Waals surface area contributed by atoms with E-state index in [0.717, 1.165) is 12.8 Å². The number of nitrogens with zero attached hydrogens (tertiary/aromatic N) is 1. The fourth-order valence-corrected chi connectivity index (χ4v) is 2.92. The van der Waals surface area contributed by atoms with Gasteiger partial charge in [-0.1, -0.05) is 31.0 Å². The third-order valence-electron chi connectivity index (χ3n) is 2.87. The second kappa shape index (κ2) is 6.72. The molecule has 106 valence electrons. The number of aromatic carboxylic acids is 1. The first-order valence-electron chi connectivity index (χ1n) is 6.30. The van der Waals surface area contributed by atoms with E-state index < -0.39 is 5.97 Å². The lowest BCUT2D eigenvalue weighted by atomic mass is 10.1. The van der Waals surface area contributed by atoms with Crippen LogP contribution in [0.2, 0.25) is 5.02 Å². The van der Waals surface area contributed by atoms with Crippen molar-refractivity contribution in [2.45, 2.75) is 25.8 Å². The maximum Gasteiger partial charge on any atom is 0.337 e. The fraction of sp³-hybridized carbons (Fsp3) is 0.286. The lowest BCUT2D eigenvalue weighted by molar-refractivity contribution is 0.0697. The average molecular weight is 311 g/mol. The molecule has 0 saturated carbocycles. The molecule has 2 N–H and O–H groups in total. The van der Waals surface area contributed by atoms with Gasteiger partial charge in [0.05, 0.1) is 16.6 Å². The van der Waals surface area contributed by atoms with Gasteiger partial charge in [-0.05, 0) is 23.9 Å². The summed E-state index contributed by atoms with van der Waals surface area (Å²) in [5.41, 5.74) is 0.0607. The van der Waals surface area contributed by atoms with Crippen LogP contribution in [0, 0.1) is 0 Å². The van der Waals surface area contributed by atoms with Crippen LogP contribution in [0.15, 0.2) is 29.8 Å². The number of thiophene rings is 1. The third kappa shape index (κ3) is 3.49. The first kappa shape index (κ1) is 14.8. The molecule has 0 aromatic carbocycles. The Morgan fingerprint density at radius 1 is 1.60 bits per heavy atom.